The minimum absolute atomic E-state index is 0.0328. The van der Waals surface area contributed by atoms with Crippen LogP contribution in [-0.4, -0.2) is 53.8 Å². The molecule has 1 saturated heterocycles. The molecule has 1 amide bonds. The largest absolute Gasteiger partial charge is 0.452 e. The number of hydrogen-bond donors (Lipinski definition) is 1. The molecule has 2 heterocycles. The molecular formula is C31H38N4O6S. The van der Waals surface area contributed by atoms with Crippen LogP contribution in [0.5, 0.6) is 0 Å². The van der Waals surface area contributed by atoms with Crippen molar-refractivity contribution in [3.05, 3.63) is 75.7 Å². The number of aromatic nitrogens is 2. The van der Waals surface area contributed by atoms with Gasteiger partial charge in [0.2, 0.25) is 0 Å². The molecule has 2 fully saturated rings. The van der Waals surface area contributed by atoms with Crippen molar-refractivity contribution < 1.29 is 22.7 Å². The number of esters is 1. The lowest BCUT2D eigenvalue weighted by Gasteiger charge is -2.39. The number of nitrogens with zero attached hydrogens (tertiary/aromatic N) is 3. The highest BCUT2D eigenvalue weighted by Crippen LogP contribution is 2.52. The van der Waals surface area contributed by atoms with E-state index in [1.165, 1.54) is 22.9 Å². The van der Waals surface area contributed by atoms with Crippen molar-refractivity contribution in [2.75, 3.05) is 17.9 Å². The number of ether oxygens (including phenoxy) is 1. The molecule has 2 aliphatic rings. The molecule has 3 aromatic rings. The second kappa shape index (κ2) is 10.4. The molecule has 224 valence electrons. The van der Waals surface area contributed by atoms with Crippen LogP contribution < -0.4 is 10.3 Å². The quantitative estimate of drug-likeness (QED) is 0.410. The molecule has 1 N–H and O–H groups in total. The smallest absolute Gasteiger partial charge is 0.338 e. The fourth-order valence-corrected chi connectivity index (χ4v) is 8.05. The van der Waals surface area contributed by atoms with Crippen molar-refractivity contribution in [3.8, 4) is 5.69 Å². The van der Waals surface area contributed by atoms with Gasteiger partial charge >= 0.3 is 5.97 Å². The molecule has 1 saturated carbocycles. The van der Waals surface area contributed by atoms with Crippen molar-refractivity contribution in [1.82, 2.24) is 14.3 Å². The molecule has 1 aliphatic carbocycles. The first-order valence-electron chi connectivity index (χ1n) is 14.0. The summed E-state index contributed by atoms with van der Waals surface area (Å²) in [6, 6.07) is 13.1. The van der Waals surface area contributed by atoms with E-state index in [2.05, 4.69) is 25.5 Å². The molecule has 5 rings (SSSR count). The van der Waals surface area contributed by atoms with Gasteiger partial charge in [-0.25, -0.2) is 17.9 Å². The first-order chi connectivity index (χ1) is 19.6. The molecule has 2 atom stereocenters. The minimum atomic E-state index is -4.25. The third-order valence-electron chi connectivity index (χ3n) is 8.59. The summed E-state index contributed by atoms with van der Waals surface area (Å²) < 4.78 is 37.6. The number of para-hydroxylation sites is 1. The van der Waals surface area contributed by atoms with Gasteiger partial charge in [-0.2, -0.15) is 0 Å². The number of benzene rings is 2. The summed E-state index contributed by atoms with van der Waals surface area (Å²) in [5.74, 6) is -1.03. The number of aryl methyl sites for hydroxylation is 1. The molecule has 1 aromatic heterocycles. The Kier molecular flexibility index (Phi) is 7.37. The minimum Gasteiger partial charge on any atom is -0.452 e. The van der Waals surface area contributed by atoms with Crippen LogP contribution in [0, 0.1) is 24.7 Å². The van der Waals surface area contributed by atoms with Gasteiger partial charge in [0.1, 0.15) is 5.69 Å². The topological polar surface area (TPSA) is 120 Å². The van der Waals surface area contributed by atoms with Gasteiger partial charge in [-0.3, -0.25) is 19.0 Å². The lowest BCUT2D eigenvalue weighted by Crippen LogP contribution is -2.39. The first-order valence-corrected chi connectivity index (χ1v) is 15.5. The lowest BCUT2D eigenvalue weighted by molar-refractivity contribution is -0.135. The molecule has 2 bridgehead atoms. The fraction of sp³-hybridized carbons (Fsp3) is 0.452. The summed E-state index contributed by atoms with van der Waals surface area (Å²) in [4.78, 5) is 41.0. The third-order valence-corrected chi connectivity index (χ3v) is 9.94. The number of nitrogens with one attached hydrogen (secondary N) is 1. The number of sulfonamides is 1. The molecular weight excluding hydrogens is 556 g/mol. The Morgan fingerprint density at radius 3 is 2.43 bits per heavy atom. The zero-order valence-electron chi connectivity index (χ0n) is 24.9. The van der Waals surface area contributed by atoms with Crippen LogP contribution in [0.3, 0.4) is 0 Å². The number of anilines is 1. The van der Waals surface area contributed by atoms with E-state index >= 15 is 0 Å². The molecule has 42 heavy (non-hydrogen) atoms. The number of amides is 1. The number of carbonyl (C=O) groups is 2. The maximum absolute atomic E-state index is 13.4. The third kappa shape index (κ3) is 5.49. The first kappa shape index (κ1) is 29.6. The van der Waals surface area contributed by atoms with E-state index in [1.54, 1.807) is 49.8 Å². The summed E-state index contributed by atoms with van der Waals surface area (Å²) in [7, 11) is -2.58. The van der Waals surface area contributed by atoms with Crippen molar-refractivity contribution in [2.45, 2.75) is 64.8 Å². The molecule has 0 radical (unpaired) electrons. The predicted octanol–water partition coefficient (Wildman–Crippen LogP) is 4.18. The second-order valence-corrected chi connectivity index (χ2v) is 14.5. The fourth-order valence-electron chi connectivity index (χ4n) is 6.91. The summed E-state index contributed by atoms with van der Waals surface area (Å²) >= 11 is 0. The van der Waals surface area contributed by atoms with Crippen LogP contribution >= 0.6 is 0 Å². The SMILES string of the molecule is Cc1ccc(S(=O)(=O)Nc2c(C)n(C)n(-c3ccccc3)c2=O)cc1C(=O)OCC(=O)N1CC2(C)CC1CC(C)(C)C2. The van der Waals surface area contributed by atoms with Crippen LogP contribution in [0.1, 0.15) is 61.6 Å². The normalized spacial score (nSPS) is 21.3. The van der Waals surface area contributed by atoms with Gasteiger partial charge in [0.15, 0.2) is 6.61 Å². The van der Waals surface area contributed by atoms with Crippen LogP contribution in [0.2, 0.25) is 0 Å². The van der Waals surface area contributed by atoms with Gasteiger partial charge in [0, 0.05) is 19.6 Å². The number of fused-ring (bicyclic) bond motifs is 2. The molecule has 2 unspecified atom stereocenters. The average molecular weight is 595 g/mol. The van der Waals surface area contributed by atoms with Crippen LogP contribution in [-0.2, 0) is 26.6 Å². The Morgan fingerprint density at radius 1 is 1.05 bits per heavy atom. The highest BCUT2D eigenvalue weighted by Gasteiger charge is 2.51. The zero-order chi connectivity index (χ0) is 30.6. The van der Waals surface area contributed by atoms with Crippen LogP contribution in [0.25, 0.3) is 5.69 Å². The summed E-state index contributed by atoms with van der Waals surface area (Å²) in [5.41, 5.74) is 1.12. The zero-order valence-corrected chi connectivity index (χ0v) is 25.7. The van der Waals surface area contributed by atoms with Crippen molar-refractivity contribution in [1.29, 1.82) is 0 Å². The van der Waals surface area contributed by atoms with E-state index in [1.807, 2.05) is 11.0 Å². The van der Waals surface area contributed by atoms with Gasteiger partial charge < -0.3 is 9.64 Å². The Hall–Kier alpha value is -3.86. The number of rotatable bonds is 7. The standard InChI is InChI=1S/C31H38N4O6S/c1-20-12-13-24(42(39,40)32-27-21(2)33(6)35(28(27)37)22-10-8-7-9-11-22)14-25(20)29(38)41-17-26(36)34-19-31(5)16-23(34)15-30(3,4)18-31/h7-14,23,32H,15-19H2,1-6H3. The predicted molar refractivity (Wildman–Crippen MR) is 159 cm³/mol. The van der Waals surface area contributed by atoms with Crippen LogP contribution in [0.15, 0.2) is 58.2 Å². The van der Waals surface area contributed by atoms with Crippen molar-refractivity contribution >= 4 is 27.6 Å². The number of hydrogen-bond acceptors (Lipinski definition) is 6. The van der Waals surface area contributed by atoms with E-state index in [0.717, 1.165) is 19.3 Å². The van der Waals surface area contributed by atoms with E-state index in [-0.39, 0.29) is 38.9 Å². The monoisotopic (exact) mass is 594 g/mol. The lowest BCUT2D eigenvalue weighted by atomic mass is 9.65. The molecule has 1 aliphatic heterocycles. The van der Waals surface area contributed by atoms with E-state index < -0.39 is 28.2 Å². The number of carbonyl (C=O) groups excluding carboxylic acids is 2. The maximum atomic E-state index is 13.4. The highest BCUT2D eigenvalue weighted by molar-refractivity contribution is 7.92. The Labute approximate surface area is 246 Å². The van der Waals surface area contributed by atoms with Crippen LogP contribution in [0.4, 0.5) is 5.69 Å². The maximum Gasteiger partial charge on any atom is 0.338 e. The van der Waals surface area contributed by atoms with Gasteiger partial charge in [-0.05, 0) is 73.8 Å². The molecule has 10 nitrogen and oxygen atoms in total. The van der Waals surface area contributed by atoms with Gasteiger partial charge in [-0.15, -0.1) is 0 Å². The second-order valence-electron chi connectivity index (χ2n) is 12.8. The number of likely N-dealkylation sites (tertiary alicyclic amines) is 1. The molecule has 11 heteroatoms. The Morgan fingerprint density at radius 2 is 1.74 bits per heavy atom. The average Bonchev–Trinajstić information content (AvgIpc) is 3.29. The van der Waals surface area contributed by atoms with Gasteiger partial charge in [0.25, 0.3) is 21.5 Å². The van der Waals surface area contributed by atoms with E-state index in [9.17, 15) is 22.8 Å². The van der Waals surface area contributed by atoms with Crippen molar-refractivity contribution in [2.24, 2.45) is 17.9 Å². The van der Waals surface area contributed by atoms with E-state index in [4.69, 9.17) is 4.74 Å². The van der Waals surface area contributed by atoms with Gasteiger partial charge in [0.05, 0.1) is 21.8 Å². The summed E-state index contributed by atoms with van der Waals surface area (Å²) in [6.45, 7) is 10.2. The van der Waals surface area contributed by atoms with Gasteiger partial charge in [-0.1, -0.05) is 45.0 Å². The summed E-state index contributed by atoms with van der Waals surface area (Å²) in [6.07, 6.45) is 2.89. The molecule has 2 aromatic carbocycles. The Bertz CT molecular complexity index is 1720. The van der Waals surface area contributed by atoms with E-state index in [0.29, 0.717) is 23.5 Å². The molecule has 0 spiro atoms. The Balaban J connectivity index is 1.32. The summed E-state index contributed by atoms with van der Waals surface area (Å²) in [5, 5.41) is 0. The highest BCUT2D eigenvalue weighted by atomic mass is 32.2. The van der Waals surface area contributed by atoms with Crippen molar-refractivity contribution in [3.63, 3.8) is 0 Å².